The molecule has 0 aromatic carbocycles. The van der Waals surface area contributed by atoms with Crippen LogP contribution in [0.3, 0.4) is 0 Å². The van der Waals surface area contributed by atoms with Gasteiger partial charge in [0.05, 0.1) is 0 Å². The molecule has 14 heavy (non-hydrogen) atoms. The van der Waals surface area contributed by atoms with Gasteiger partial charge < -0.3 is 5.11 Å². The Morgan fingerprint density at radius 2 is 1.71 bits per heavy atom. The van der Waals surface area contributed by atoms with E-state index >= 15 is 0 Å². The van der Waals surface area contributed by atoms with Crippen molar-refractivity contribution in [2.45, 2.75) is 52.4 Å². The number of carbonyl (C=O) groups is 2. The van der Waals surface area contributed by atoms with Gasteiger partial charge in [-0.25, -0.2) is 0 Å². The second-order valence-electron chi connectivity index (χ2n) is 3.70. The summed E-state index contributed by atoms with van der Waals surface area (Å²) in [7, 11) is 0. The summed E-state index contributed by atoms with van der Waals surface area (Å²) in [5, 5.41) is 8.73. The fourth-order valence-electron chi connectivity index (χ4n) is 1.45. The summed E-state index contributed by atoms with van der Waals surface area (Å²) >= 11 is 0. The van der Waals surface area contributed by atoms with Crippen molar-refractivity contribution in [3.8, 4) is 0 Å². The highest BCUT2D eigenvalue weighted by Crippen LogP contribution is 2.12. The zero-order valence-corrected chi connectivity index (χ0v) is 9.08. The van der Waals surface area contributed by atoms with Crippen LogP contribution in [0.25, 0.3) is 0 Å². The minimum absolute atomic E-state index is 0.229. The number of carbonyl (C=O) groups excluding carboxylic acids is 1. The summed E-state index contributed by atoms with van der Waals surface area (Å²) in [6, 6.07) is 0. The summed E-state index contributed by atoms with van der Waals surface area (Å²) in [6.45, 7) is 3.49. The molecule has 0 fully saturated rings. The highest BCUT2D eigenvalue weighted by atomic mass is 16.4. The number of hydrogen-bond donors (Lipinski definition) is 1. The highest BCUT2D eigenvalue weighted by Gasteiger charge is 2.21. The Balaban J connectivity index is 3.62. The van der Waals surface area contributed by atoms with Gasteiger partial charge in [0, 0.05) is 0 Å². The van der Waals surface area contributed by atoms with Crippen LogP contribution in [0.5, 0.6) is 0 Å². The first-order valence-corrected chi connectivity index (χ1v) is 5.32. The fraction of sp³-hybridized carbons (Fsp3) is 0.818. The lowest BCUT2D eigenvalue weighted by atomic mass is 9.97. The third-order valence-electron chi connectivity index (χ3n) is 2.39. The molecule has 0 aromatic heterocycles. The van der Waals surface area contributed by atoms with Crippen molar-refractivity contribution in [3.63, 3.8) is 0 Å². The molecule has 0 aliphatic heterocycles. The lowest BCUT2D eigenvalue weighted by Crippen LogP contribution is -2.21. The number of carboxylic acids is 1. The van der Waals surface area contributed by atoms with Crippen LogP contribution in [0.4, 0.5) is 0 Å². The van der Waals surface area contributed by atoms with Gasteiger partial charge in [0.2, 0.25) is 0 Å². The van der Waals surface area contributed by atoms with Gasteiger partial charge in [0.25, 0.3) is 0 Å². The van der Waals surface area contributed by atoms with E-state index < -0.39 is 11.9 Å². The molecule has 1 atom stereocenters. The zero-order chi connectivity index (χ0) is 11.0. The number of rotatable bonds is 8. The third kappa shape index (κ3) is 5.73. The van der Waals surface area contributed by atoms with Crippen LogP contribution in [0.2, 0.25) is 0 Å². The molecule has 0 aliphatic rings. The minimum atomic E-state index is -0.979. The molecule has 0 bridgehead atoms. The van der Waals surface area contributed by atoms with Gasteiger partial charge in [0.1, 0.15) is 11.7 Å². The van der Waals surface area contributed by atoms with E-state index in [0.29, 0.717) is 6.42 Å². The Labute approximate surface area is 85.5 Å². The summed E-state index contributed by atoms with van der Waals surface area (Å²) in [5.74, 6) is -1.99. The van der Waals surface area contributed by atoms with Crippen LogP contribution >= 0.6 is 0 Å². The number of hydrogen-bond acceptors (Lipinski definition) is 2. The molecule has 82 valence electrons. The lowest BCUT2D eigenvalue weighted by Gasteiger charge is -2.07. The summed E-state index contributed by atoms with van der Waals surface area (Å²) in [6.07, 6.45) is 5.88. The highest BCUT2D eigenvalue weighted by molar-refractivity contribution is 5.96. The number of carboxylic acid groups (broad SMARTS) is 1. The second kappa shape index (κ2) is 7.54. The van der Waals surface area contributed by atoms with E-state index in [1.165, 1.54) is 19.8 Å². The number of aliphatic carboxylic acids is 1. The molecule has 0 saturated carbocycles. The standard InChI is InChI=1S/C11H20O3/c1-3-4-5-6-7-8-10(9(2)12)11(13)14/h10H,3-8H2,1-2H3,(H,13,14). The maximum absolute atomic E-state index is 10.9. The first-order valence-electron chi connectivity index (χ1n) is 5.32. The van der Waals surface area contributed by atoms with Crippen LogP contribution in [-0.2, 0) is 9.59 Å². The Bertz CT molecular complexity index is 173. The number of unbranched alkanes of at least 4 members (excludes halogenated alkanes) is 4. The van der Waals surface area contributed by atoms with Gasteiger partial charge in [-0.05, 0) is 13.3 Å². The van der Waals surface area contributed by atoms with Gasteiger partial charge in [-0.1, -0.05) is 39.0 Å². The van der Waals surface area contributed by atoms with Gasteiger partial charge in [-0.2, -0.15) is 0 Å². The average Bonchev–Trinajstić information content (AvgIpc) is 2.09. The molecular formula is C11H20O3. The molecule has 0 aliphatic carbocycles. The largest absolute Gasteiger partial charge is 0.481 e. The fourth-order valence-corrected chi connectivity index (χ4v) is 1.45. The van der Waals surface area contributed by atoms with Crippen LogP contribution in [0, 0.1) is 5.92 Å². The Morgan fingerprint density at radius 3 is 2.14 bits per heavy atom. The van der Waals surface area contributed by atoms with Crippen molar-refractivity contribution < 1.29 is 14.7 Å². The van der Waals surface area contributed by atoms with Gasteiger partial charge in [-0.3, -0.25) is 9.59 Å². The predicted molar refractivity (Wildman–Crippen MR) is 55.2 cm³/mol. The van der Waals surface area contributed by atoms with Crippen LogP contribution in [-0.4, -0.2) is 16.9 Å². The van der Waals surface area contributed by atoms with Crippen molar-refractivity contribution in [3.05, 3.63) is 0 Å². The molecular weight excluding hydrogens is 180 g/mol. The third-order valence-corrected chi connectivity index (χ3v) is 2.39. The average molecular weight is 200 g/mol. The second-order valence-corrected chi connectivity index (χ2v) is 3.70. The maximum Gasteiger partial charge on any atom is 0.314 e. The van der Waals surface area contributed by atoms with E-state index in [-0.39, 0.29) is 5.78 Å². The molecule has 1 N–H and O–H groups in total. The predicted octanol–water partition coefficient (Wildman–Crippen LogP) is 2.64. The first-order chi connectivity index (χ1) is 6.59. The number of ketones is 1. The normalized spacial score (nSPS) is 12.4. The number of Topliss-reactive ketones (excluding diaryl/α,β-unsaturated/α-hetero) is 1. The summed E-state index contributed by atoms with van der Waals surface area (Å²) in [4.78, 5) is 21.6. The van der Waals surface area contributed by atoms with Crippen molar-refractivity contribution in [1.29, 1.82) is 0 Å². The molecule has 1 unspecified atom stereocenters. The van der Waals surface area contributed by atoms with E-state index in [1.54, 1.807) is 0 Å². The SMILES string of the molecule is CCCCCCCC(C(C)=O)C(=O)O. The summed E-state index contributed by atoms with van der Waals surface area (Å²) in [5.41, 5.74) is 0. The molecule has 0 aromatic rings. The summed E-state index contributed by atoms with van der Waals surface area (Å²) < 4.78 is 0. The van der Waals surface area contributed by atoms with Crippen molar-refractivity contribution >= 4 is 11.8 Å². The molecule has 0 radical (unpaired) electrons. The maximum atomic E-state index is 10.9. The molecule has 0 amide bonds. The topological polar surface area (TPSA) is 54.4 Å². The molecule has 0 heterocycles. The van der Waals surface area contributed by atoms with E-state index in [0.717, 1.165) is 19.3 Å². The van der Waals surface area contributed by atoms with Gasteiger partial charge >= 0.3 is 5.97 Å². The van der Waals surface area contributed by atoms with Crippen LogP contribution in [0.15, 0.2) is 0 Å². The molecule has 0 spiro atoms. The van der Waals surface area contributed by atoms with Crippen LogP contribution in [0.1, 0.15) is 52.4 Å². The molecule has 0 saturated heterocycles. The molecule has 0 rings (SSSR count). The van der Waals surface area contributed by atoms with E-state index in [4.69, 9.17) is 5.11 Å². The molecule has 3 heteroatoms. The minimum Gasteiger partial charge on any atom is -0.481 e. The van der Waals surface area contributed by atoms with Gasteiger partial charge in [-0.15, -0.1) is 0 Å². The quantitative estimate of drug-likeness (QED) is 0.484. The Hall–Kier alpha value is -0.860. The van der Waals surface area contributed by atoms with Gasteiger partial charge in [0.15, 0.2) is 0 Å². The van der Waals surface area contributed by atoms with E-state index in [2.05, 4.69) is 6.92 Å². The Morgan fingerprint density at radius 1 is 1.14 bits per heavy atom. The lowest BCUT2D eigenvalue weighted by molar-refractivity contribution is -0.146. The van der Waals surface area contributed by atoms with Crippen molar-refractivity contribution in [2.75, 3.05) is 0 Å². The van der Waals surface area contributed by atoms with E-state index in [1.807, 2.05) is 0 Å². The zero-order valence-electron chi connectivity index (χ0n) is 9.08. The molecule has 3 nitrogen and oxygen atoms in total. The monoisotopic (exact) mass is 200 g/mol. The smallest absolute Gasteiger partial charge is 0.314 e. The van der Waals surface area contributed by atoms with E-state index in [9.17, 15) is 9.59 Å². The Kier molecular flexibility index (Phi) is 7.07. The first kappa shape index (κ1) is 13.1. The van der Waals surface area contributed by atoms with Crippen molar-refractivity contribution in [1.82, 2.24) is 0 Å². The van der Waals surface area contributed by atoms with Crippen LogP contribution < -0.4 is 0 Å². The van der Waals surface area contributed by atoms with Crippen molar-refractivity contribution in [2.24, 2.45) is 5.92 Å².